The van der Waals surface area contributed by atoms with Crippen LogP contribution in [0.4, 0.5) is 0 Å². The molecule has 2 aromatic rings. The number of hydrogen-bond donors (Lipinski definition) is 1. The van der Waals surface area contributed by atoms with E-state index >= 15 is 0 Å². The van der Waals surface area contributed by atoms with Crippen LogP contribution in [0.1, 0.15) is 24.0 Å². The van der Waals surface area contributed by atoms with Gasteiger partial charge < -0.3 is 19.7 Å². The highest BCUT2D eigenvalue weighted by Crippen LogP contribution is 2.27. The summed E-state index contributed by atoms with van der Waals surface area (Å²) in [5.41, 5.74) is 2.10. The number of benzene rings is 2. The lowest BCUT2D eigenvalue weighted by atomic mass is 9.95. The van der Waals surface area contributed by atoms with Crippen LogP contribution in [-0.2, 0) is 22.4 Å². The molecule has 0 radical (unpaired) electrons. The van der Waals surface area contributed by atoms with Gasteiger partial charge in [0.15, 0.2) is 11.5 Å². The summed E-state index contributed by atoms with van der Waals surface area (Å²) in [4.78, 5) is 26.9. The molecule has 0 aliphatic carbocycles. The molecule has 0 atom stereocenters. The zero-order valence-corrected chi connectivity index (χ0v) is 17.7. The number of carbonyl (C=O) groups is 2. The van der Waals surface area contributed by atoms with E-state index in [9.17, 15) is 9.59 Å². The summed E-state index contributed by atoms with van der Waals surface area (Å²) in [6.45, 7) is 1.85. The van der Waals surface area contributed by atoms with Crippen molar-refractivity contribution >= 4 is 11.8 Å². The number of hydrogen-bond acceptors (Lipinski definition) is 4. The average Bonchev–Trinajstić information content (AvgIpc) is 2.79. The molecule has 6 heteroatoms. The predicted octanol–water partition coefficient (Wildman–Crippen LogP) is 2.84. The zero-order valence-electron chi connectivity index (χ0n) is 17.7. The van der Waals surface area contributed by atoms with Crippen molar-refractivity contribution in [2.75, 3.05) is 33.9 Å². The highest BCUT2D eigenvalue weighted by atomic mass is 16.5. The fourth-order valence-corrected chi connectivity index (χ4v) is 3.78. The highest BCUT2D eigenvalue weighted by Gasteiger charge is 2.27. The fraction of sp³-hybridized carbons (Fsp3) is 0.417. The molecule has 6 nitrogen and oxygen atoms in total. The van der Waals surface area contributed by atoms with Crippen molar-refractivity contribution in [2.24, 2.45) is 5.92 Å². The van der Waals surface area contributed by atoms with Crippen LogP contribution < -0.4 is 14.8 Å². The average molecular weight is 411 g/mol. The number of likely N-dealkylation sites (tertiary alicyclic amines) is 1. The topological polar surface area (TPSA) is 67.9 Å². The number of nitrogens with zero attached hydrogens (tertiary/aromatic N) is 1. The van der Waals surface area contributed by atoms with Gasteiger partial charge in [-0.3, -0.25) is 9.59 Å². The third-order valence-corrected chi connectivity index (χ3v) is 5.58. The number of ether oxygens (including phenoxy) is 2. The predicted molar refractivity (Wildman–Crippen MR) is 116 cm³/mol. The summed E-state index contributed by atoms with van der Waals surface area (Å²) in [7, 11) is 3.22. The quantitative estimate of drug-likeness (QED) is 0.727. The van der Waals surface area contributed by atoms with E-state index in [2.05, 4.69) is 5.32 Å². The molecule has 0 unspecified atom stereocenters. The molecule has 0 aromatic heterocycles. The number of rotatable bonds is 8. The Balaban J connectivity index is 1.40. The summed E-state index contributed by atoms with van der Waals surface area (Å²) in [5, 5.41) is 3.04. The lowest BCUT2D eigenvalue weighted by molar-refractivity contribution is -0.135. The van der Waals surface area contributed by atoms with Crippen LogP contribution in [0.25, 0.3) is 0 Å². The van der Waals surface area contributed by atoms with E-state index in [1.165, 1.54) is 0 Å². The van der Waals surface area contributed by atoms with Crippen LogP contribution >= 0.6 is 0 Å². The Bertz CT molecular complexity index is 846. The first kappa shape index (κ1) is 21.7. The Morgan fingerprint density at radius 1 is 0.967 bits per heavy atom. The summed E-state index contributed by atoms with van der Waals surface area (Å²) in [5.74, 6) is 1.56. The summed E-state index contributed by atoms with van der Waals surface area (Å²) in [6, 6.07) is 15.6. The molecule has 1 aliphatic heterocycles. The molecule has 0 saturated carbocycles. The summed E-state index contributed by atoms with van der Waals surface area (Å²) >= 11 is 0. The van der Waals surface area contributed by atoms with E-state index < -0.39 is 0 Å². The van der Waals surface area contributed by atoms with Crippen molar-refractivity contribution in [3.8, 4) is 11.5 Å². The van der Waals surface area contributed by atoms with Gasteiger partial charge in [-0.2, -0.15) is 0 Å². The summed E-state index contributed by atoms with van der Waals surface area (Å²) in [6.07, 6.45) is 2.56. The van der Waals surface area contributed by atoms with Gasteiger partial charge in [-0.05, 0) is 42.5 Å². The standard InChI is InChI=1S/C24H30N2O4/c1-29-21-9-8-19(16-22(21)30-2)10-13-25-24(28)20-11-14-26(15-12-20)23(27)17-18-6-4-3-5-7-18/h3-9,16,20H,10-15,17H2,1-2H3,(H,25,28). The molecule has 1 saturated heterocycles. The molecule has 0 spiro atoms. The van der Waals surface area contributed by atoms with E-state index in [1.807, 2.05) is 53.4 Å². The molecular formula is C24H30N2O4. The molecule has 160 valence electrons. The number of amides is 2. The third kappa shape index (κ3) is 5.75. The maximum atomic E-state index is 12.5. The largest absolute Gasteiger partial charge is 0.493 e. The minimum absolute atomic E-state index is 0.0313. The number of methoxy groups -OCH3 is 2. The van der Waals surface area contributed by atoms with Gasteiger partial charge in [-0.15, -0.1) is 0 Å². The van der Waals surface area contributed by atoms with Crippen LogP contribution in [0.2, 0.25) is 0 Å². The molecule has 2 aromatic carbocycles. The molecule has 1 fully saturated rings. The second kappa shape index (κ2) is 10.7. The molecular weight excluding hydrogens is 380 g/mol. The smallest absolute Gasteiger partial charge is 0.226 e. The molecule has 30 heavy (non-hydrogen) atoms. The molecule has 0 bridgehead atoms. The molecule has 3 rings (SSSR count). The zero-order chi connectivity index (χ0) is 21.3. The monoisotopic (exact) mass is 410 g/mol. The third-order valence-electron chi connectivity index (χ3n) is 5.58. The number of piperidine rings is 1. The van der Waals surface area contributed by atoms with Crippen molar-refractivity contribution < 1.29 is 19.1 Å². The van der Waals surface area contributed by atoms with Gasteiger partial charge in [-0.1, -0.05) is 36.4 Å². The van der Waals surface area contributed by atoms with Gasteiger partial charge in [-0.25, -0.2) is 0 Å². The van der Waals surface area contributed by atoms with Gasteiger partial charge >= 0.3 is 0 Å². The van der Waals surface area contributed by atoms with Gasteiger partial charge in [0.25, 0.3) is 0 Å². The number of nitrogens with one attached hydrogen (secondary N) is 1. The highest BCUT2D eigenvalue weighted by molar-refractivity contribution is 5.81. The van der Waals surface area contributed by atoms with Crippen LogP contribution in [-0.4, -0.2) is 50.6 Å². The SMILES string of the molecule is COc1ccc(CCNC(=O)C2CCN(C(=O)Cc3ccccc3)CC2)cc1OC. The Hall–Kier alpha value is -3.02. The normalized spacial score (nSPS) is 14.3. The molecule has 1 heterocycles. The molecule has 1 aliphatic rings. The van der Waals surface area contributed by atoms with Crippen LogP contribution in [0, 0.1) is 5.92 Å². The maximum Gasteiger partial charge on any atom is 0.226 e. The van der Waals surface area contributed by atoms with Crippen molar-refractivity contribution in [2.45, 2.75) is 25.7 Å². The van der Waals surface area contributed by atoms with Crippen molar-refractivity contribution in [3.05, 3.63) is 59.7 Å². The number of carbonyl (C=O) groups excluding carboxylic acids is 2. The van der Waals surface area contributed by atoms with E-state index in [-0.39, 0.29) is 17.7 Å². The second-order valence-corrected chi connectivity index (χ2v) is 7.55. The fourth-order valence-electron chi connectivity index (χ4n) is 3.78. The van der Waals surface area contributed by atoms with Gasteiger partial charge in [0.1, 0.15) is 0 Å². The van der Waals surface area contributed by atoms with E-state index in [4.69, 9.17) is 9.47 Å². The van der Waals surface area contributed by atoms with E-state index in [0.717, 1.165) is 17.5 Å². The first-order valence-electron chi connectivity index (χ1n) is 10.4. The lowest BCUT2D eigenvalue weighted by Crippen LogP contribution is -2.43. The first-order chi connectivity index (χ1) is 14.6. The van der Waals surface area contributed by atoms with Crippen LogP contribution in [0.3, 0.4) is 0 Å². The van der Waals surface area contributed by atoms with Crippen molar-refractivity contribution in [1.29, 1.82) is 0 Å². The first-order valence-corrected chi connectivity index (χ1v) is 10.4. The van der Waals surface area contributed by atoms with Gasteiger partial charge in [0.05, 0.1) is 20.6 Å². The van der Waals surface area contributed by atoms with Crippen molar-refractivity contribution in [1.82, 2.24) is 10.2 Å². The Morgan fingerprint density at radius 3 is 2.33 bits per heavy atom. The van der Waals surface area contributed by atoms with Crippen LogP contribution in [0.5, 0.6) is 11.5 Å². The summed E-state index contributed by atoms with van der Waals surface area (Å²) < 4.78 is 10.6. The van der Waals surface area contributed by atoms with Crippen molar-refractivity contribution in [3.63, 3.8) is 0 Å². The Labute approximate surface area is 178 Å². The van der Waals surface area contributed by atoms with Gasteiger partial charge in [0.2, 0.25) is 11.8 Å². The minimum atomic E-state index is -0.0313. The molecule has 1 N–H and O–H groups in total. The minimum Gasteiger partial charge on any atom is -0.493 e. The van der Waals surface area contributed by atoms with E-state index in [0.29, 0.717) is 50.4 Å². The Kier molecular flexibility index (Phi) is 7.71. The Morgan fingerprint density at radius 2 is 1.67 bits per heavy atom. The van der Waals surface area contributed by atoms with E-state index in [1.54, 1.807) is 14.2 Å². The lowest BCUT2D eigenvalue weighted by Gasteiger charge is -2.31. The second-order valence-electron chi connectivity index (χ2n) is 7.55. The van der Waals surface area contributed by atoms with Gasteiger partial charge in [0, 0.05) is 25.6 Å². The van der Waals surface area contributed by atoms with Crippen LogP contribution in [0.15, 0.2) is 48.5 Å². The molecule has 2 amide bonds. The maximum absolute atomic E-state index is 12.5.